The second-order valence-electron chi connectivity index (χ2n) is 4.42. The Morgan fingerprint density at radius 3 is 2.15 bits per heavy atom. The second kappa shape index (κ2) is 3.97. The number of hydrogen-bond acceptors (Lipinski definition) is 2. The van der Waals surface area contributed by atoms with Gasteiger partial charge in [0.25, 0.3) is 0 Å². The van der Waals surface area contributed by atoms with E-state index in [1.807, 2.05) is 0 Å². The first kappa shape index (κ1) is 9.47. The molecule has 76 valence electrons. The van der Waals surface area contributed by atoms with Crippen molar-refractivity contribution in [2.75, 3.05) is 26.2 Å². The summed E-state index contributed by atoms with van der Waals surface area (Å²) in [6.45, 7) is 9.70. The Balaban J connectivity index is 1.99. The lowest BCUT2D eigenvalue weighted by atomic mass is 9.86. The van der Waals surface area contributed by atoms with Gasteiger partial charge < -0.3 is 0 Å². The summed E-state index contributed by atoms with van der Waals surface area (Å²) in [7, 11) is 0. The van der Waals surface area contributed by atoms with Gasteiger partial charge in [-0.2, -0.15) is 0 Å². The molecule has 0 aliphatic carbocycles. The highest BCUT2D eigenvalue weighted by atomic mass is 15.4. The molecule has 0 aromatic carbocycles. The van der Waals surface area contributed by atoms with Crippen LogP contribution in [0.1, 0.15) is 33.1 Å². The molecule has 1 unspecified atom stereocenters. The number of fused-ring (bicyclic) bond motifs is 3. The van der Waals surface area contributed by atoms with Crippen LogP contribution >= 0.6 is 0 Å². The summed E-state index contributed by atoms with van der Waals surface area (Å²) in [6, 6.07) is 0. The molecule has 0 saturated carbocycles. The maximum absolute atomic E-state index is 2.69. The minimum atomic E-state index is 0.780. The lowest BCUT2D eigenvalue weighted by Gasteiger charge is -2.49. The first-order valence-electron chi connectivity index (χ1n) is 5.83. The first-order valence-corrected chi connectivity index (χ1v) is 5.83. The van der Waals surface area contributed by atoms with Gasteiger partial charge in [-0.05, 0) is 51.4 Å². The van der Waals surface area contributed by atoms with E-state index in [1.165, 1.54) is 45.4 Å². The largest absolute Gasteiger partial charge is 0.288 e. The molecule has 0 aromatic heterocycles. The van der Waals surface area contributed by atoms with E-state index in [1.54, 1.807) is 0 Å². The second-order valence-corrected chi connectivity index (χ2v) is 4.42. The zero-order valence-corrected chi connectivity index (χ0v) is 9.00. The SMILES string of the molecule is CCN(CC)C1CC2CCN1CC2. The third-order valence-corrected chi connectivity index (χ3v) is 3.85. The van der Waals surface area contributed by atoms with Crippen LogP contribution < -0.4 is 0 Å². The lowest BCUT2D eigenvalue weighted by Crippen LogP contribution is -2.56. The van der Waals surface area contributed by atoms with Crippen LogP contribution in [0, 0.1) is 5.92 Å². The van der Waals surface area contributed by atoms with Crippen LogP contribution in [0.2, 0.25) is 0 Å². The van der Waals surface area contributed by atoms with Gasteiger partial charge in [0, 0.05) is 0 Å². The molecule has 2 heteroatoms. The Kier molecular flexibility index (Phi) is 2.89. The van der Waals surface area contributed by atoms with Crippen LogP contribution in [0.15, 0.2) is 0 Å². The van der Waals surface area contributed by atoms with Gasteiger partial charge in [0.2, 0.25) is 0 Å². The summed E-state index contributed by atoms with van der Waals surface area (Å²) in [5, 5.41) is 0. The molecule has 0 aromatic rings. The maximum atomic E-state index is 2.69. The summed E-state index contributed by atoms with van der Waals surface area (Å²) in [5.74, 6) is 1.04. The minimum absolute atomic E-state index is 0.780. The predicted octanol–water partition coefficient (Wildman–Crippen LogP) is 1.77. The van der Waals surface area contributed by atoms with E-state index in [-0.39, 0.29) is 0 Å². The smallest absolute Gasteiger partial charge is 0.0624 e. The third kappa shape index (κ3) is 1.75. The standard InChI is InChI=1S/C11H22N2/c1-3-12(4-2)11-9-10-5-7-13(11)8-6-10/h10-11H,3-9H2,1-2H3. The van der Waals surface area contributed by atoms with Crippen molar-refractivity contribution in [1.29, 1.82) is 0 Å². The predicted molar refractivity (Wildman–Crippen MR) is 55.6 cm³/mol. The van der Waals surface area contributed by atoms with Gasteiger partial charge >= 0.3 is 0 Å². The third-order valence-electron chi connectivity index (χ3n) is 3.85. The Morgan fingerprint density at radius 1 is 1.15 bits per heavy atom. The van der Waals surface area contributed by atoms with Crippen molar-refractivity contribution in [2.45, 2.75) is 39.3 Å². The molecule has 3 saturated heterocycles. The summed E-state index contributed by atoms with van der Waals surface area (Å²) in [5.41, 5.74) is 0. The molecule has 3 aliphatic rings. The molecule has 1 atom stereocenters. The Labute approximate surface area is 81.9 Å². The number of nitrogens with zero attached hydrogens (tertiary/aromatic N) is 2. The molecule has 3 fully saturated rings. The van der Waals surface area contributed by atoms with Crippen molar-refractivity contribution < 1.29 is 0 Å². The summed E-state index contributed by atoms with van der Waals surface area (Å²) in [6.07, 6.45) is 5.12. The molecule has 13 heavy (non-hydrogen) atoms. The van der Waals surface area contributed by atoms with Gasteiger partial charge in [-0.1, -0.05) is 13.8 Å². The summed E-state index contributed by atoms with van der Waals surface area (Å²) < 4.78 is 0. The minimum Gasteiger partial charge on any atom is -0.288 e. The quantitative estimate of drug-likeness (QED) is 0.656. The zero-order chi connectivity index (χ0) is 9.26. The van der Waals surface area contributed by atoms with E-state index >= 15 is 0 Å². The van der Waals surface area contributed by atoms with Crippen LogP contribution in [-0.2, 0) is 0 Å². The van der Waals surface area contributed by atoms with Crippen molar-refractivity contribution in [3.8, 4) is 0 Å². The average Bonchev–Trinajstić information content (AvgIpc) is 2.22. The molecular weight excluding hydrogens is 160 g/mol. The molecule has 0 radical (unpaired) electrons. The number of hydrogen-bond donors (Lipinski definition) is 0. The van der Waals surface area contributed by atoms with Crippen molar-refractivity contribution in [2.24, 2.45) is 5.92 Å². The van der Waals surface area contributed by atoms with Gasteiger partial charge in [0.1, 0.15) is 0 Å². The van der Waals surface area contributed by atoms with Crippen LogP contribution in [-0.4, -0.2) is 42.1 Å². The molecule has 3 rings (SSSR count). The highest BCUT2D eigenvalue weighted by Gasteiger charge is 2.35. The maximum Gasteiger partial charge on any atom is 0.0624 e. The monoisotopic (exact) mass is 182 g/mol. The van der Waals surface area contributed by atoms with E-state index < -0.39 is 0 Å². The molecule has 2 bridgehead atoms. The normalized spacial score (nSPS) is 38.5. The Bertz CT molecular complexity index is 155. The molecule has 2 nitrogen and oxygen atoms in total. The fourth-order valence-electron chi connectivity index (χ4n) is 2.96. The molecule has 0 N–H and O–H groups in total. The van der Waals surface area contributed by atoms with Gasteiger partial charge in [-0.3, -0.25) is 9.80 Å². The average molecular weight is 182 g/mol. The zero-order valence-electron chi connectivity index (χ0n) is 9.00. The van der Waals surface area contributed by atoms with Gasteiger partial charge in [-0.15, -0.1) is 0 Å². The van der Waals surface area contributed by atoms with Gasteiger partial charge in [-0.25, -0.2) is 0 Å². The fraction of sp³-hybridized carbons (Fsp3) is 1.00. The van der Waals surface area contributed by atoms with E-state index in [4.69, 9.17) is 0 Å². The molecular formula is C11H22N2. The van der Waals surface area contributed by atoms with Crippen LogP contribution in [0.5, 0.6) is 0 Å². The van der Waals surface area contributed by atoms with Gasteiger partial charge in [0.15, 0.2) is 0 Å². The highest BCUT2D eigenvalue weighted by Crippen LogP contribution is 2.33. The van der Waals surface area contributed by atoms with Crippen LogP contribution in [0.25, 0.3) is 0 Å². The summed E-state index contributed by atoms with van der Waals surface area (Å²) >= 11 is 0. The number of rotatable bonds is 3. The van der Waals surface area contributed by atoms with Crippen molar-refractivity contribution in [3.05, 3.63) is 0 Å². The lowest BCUT2D eigenvalue weighted by molar-refractivity contribution is -0.0396. The Hall–Kier alpha value is -0.0800. The van der Waals surface area contributed by atoms with Crippen molar-refractivity contribution >= 4 is 0 Å². The molecule has 3 aliphatic heterocycles. The topological polar surface area (TPSA) is 6.48 Å². The number of piperidine rings is 3. The van der Waals surface area contributed by atoms with E-state index in [2.05, 4.69) is 23.6 Å². The Morgan fingerprint density at radius 2 is 1.77 bits per heavy atom. The molecule has 0 spiro atoms. The van der Waals surface area contributed by atoms with Crippen molar-refractivity contribution in [3.63, 3.8) is 0 Å². The first-order chi connectivity index (χ1) is 6.35. The molecule has 3 heterocycles. The van der Waals surface area contributed by atoms with Crippen LogP contribution in [0.3, 0.4) is 0 Å². The van der Waals surface area contributed by atoms with Gasteiger partial charge in [0.05, 0.1) is 6.17 Å². The van der Waals surface area contributed by atoms with E-state index in [0.717, 1.165) is 12.1 Å². The van der Waals surface area contributed by atoms with E-state index in [0.29, 0.717) is 0 Å². The summed E-state index contributed by atoms with van der Waals surface area (Å²) in [4.78, 5) is 5.30. The van der Waals surface area contributed by atoms with E-state index in [9.17, 15) is 0 Å². The molecule has 0 amide bonds. The fourth-order valence-corrected chi connectivity index (χ4v) is 2.96. The van der Waals surface area contributed by atoms with Crippen LogP contribution in [0.4, 0.5) is 0 Å². The highest BCUT2D eigenvalue weighted by molar-refractivity contribution is 4.87. The van der Waals surface area contributed by atoms with Crippen molar-refractivity contribution in [1.82, 2.24) is 9.80 Å².